The van der Waals surface area contributed by atoms with Crippen LogP contribution in [0.15, 0.2) is 30.7 Å². The topological polar surface area (TPSA) is 83.5 Å². The molecule has 1 amide bonds. The number of rotatable bonds is 2. The van der Waals surface area contributed by atoms with E-state index < -0.39 is 10.0 Å². The van der Waals surface area contributed by atoms with Crippen LogP contribution in [-0.4, -0.2) is 54.6 Å². The van der Waals surface area contributed by atoms with E-state index in [0.29, 0.717) is 24.2 Å². The second-order valence-electron chi connectivity index (χ2n) is 8.90. The van der Waals surface area contributed by atoms with Crippen LogP contribution in [-0.2, 0) is 28.3 Å². The summed E-state index contributed by atoms with van der Waals surface area (Å²) in [6, 6.07) is 5.55. The Kier molecular flexibility index (Phi) is 4.39. The molecule has 0 saturated carbocycles. The lowest BCUT2D eigenvalue weighted by Gasteiger charge is -2.51. The van der Waals surface area contributed by atoms with Gasteiger partial charge in [-0.05, 0) is 61.4 Å². The number of hydrogen-bond donors (Lipinski definition) is 0. The summed E-state index contributed by atoms with van der Waals surface area (Å²) < 4.78 is 25.4. The summed E-state index contributed by atoms with van der Waals surface area (Å²) in [6.07, 6.45) is 9.13. The molecule has 8 heteroatoms. The monoisotopic (exact) mass is 426 g/mol. The maximum absolute atomic E-state index is 13.5. The van der Waals surface area contributed by atoms with Crippen LogP contribution in [0.2, 0.25) is 0 Å². The average molecular weight is 427 g/mol. The molecule has 7 nitrogen and oxygen atoms in total. The molecule has 1 aromatic heterocycles. The number of sulfonamides is 1. The number of carbonyl (C=O) groups is 1. The van der Waals surface area contributed by atoms with E-state index in [1.807, 2.05) is 17.2 Å². The minimum atomic E-state index is -3.30. The maximum atomic E-state index is 13.5. The van der Waals surface area contributed by atoms with Gasteiger partial charge >= 0.3 is 0 Å². The molecule has 2 atom stereocenters. The van der Waals surface area contributed by atoms with Gasteiger partial charge in [-0.25, -0.2) is 18.4 Å². The Morgan fingerprint density at radius 3 is 2.83 bits per heavy atom. The van der Waals surface area contributed by atoms with Crippen molar-refractivity contribution >= 4 is 21.6 Å². The molecule has 2 aromatic rings. The number of nitrogens with zero attached hydrogens (tertiary/aromatic N) is 4. The summed E-state index contributed by atoms with van der Waals surface area (Å²) in [4.78, 5) is 24.4. The number of anilines is 1. The number of benzene rings is 1. The quantitative estimate of drug-likeness (QED) is 0.736. The molecule has 2 aliphatic heterocycles. The summed E-state index contributed by atoms with van der Waals surface area (Å²) in [5, 5.41) is 0. The maximum Gasteiger partial charge on any atom is 0.254 e. The smallest absolute Gasteiger partial charge is 0.254 e. The van der Waals surface area contributed by atoms with Crippen LogP contribution >= 0.6 is 0 Å². The second kappa shape index (κ2) is 6.77. The van der Waals surface area contributed by atoms with E-state index >= 15 is 0 Å². The molecule has 1 aliphatic carbocycles. The molecule has 0 radical (unpaired) electrons. The third kappa shape index (κ3) is 2.92. The van der Waals surface area contributed by atoms with Gasteiger partial charge in [0.25, 0.3) is 5.91 Å². The molecule has 1 unspecified atom stereocenters. The highest BCUT2D eigenvalue weighted by molar-refractivity contribution is 7.92. The fourth-order valence-electron chi connectivity index (χ4n) is 5.64. The minimum Gasteiger partial charge on any atom is -0.335 e. The van der Waals surface area contributed by atoms with Gasteiger partial charge in [-0.2, -0.15) is 0 Å². The van der Waals surface area contributed by atoms with Crippen molar-refractivity contribution in [1.29, 1.82) is 0 Å². The molecule has 1 saturated heterocycles. The SMILES string of the molecule is C[C@@]12CCCN(C(=O)c3ccc4c(c3)CCN4S(C)(=O)=O)C1CCc1cncnc12. The van der Waals surface area contributed by atoms with Crippen LogP contribution in [0.3, 0.4) is 0 Å². The molecular formula is C22H26N4O3S. The number of carbonyl (C=O) groups excluding carboxylic acids is 1. The van der Waals surface area contributed by atoms with Gasteiger partial charge < -0.3 is 4.90 Å². The van der Waals surface area contributed by atoms with Crippen molar-refractivity contribution in [3.63, 3.8) is 0 Å². The Balaban J connectivity index is 1.46. The van der Waals surface area contributed by atoms with E-state index in [-0.39, 0.29) is 17.4 Å². The van der Waals surface area contributed by atoms with Crippen molar-refractivity contribution in [2.24, 2.45) is 0 Å². The summed E-state index contributed by atoms with van der Waals surface area (Å²) in [6.45, 7) is 3.41. The van der Waals surface area contributed by atoms with Gasteiger partial charge in [0.1, 0.15) is 6.33 Å². The standard InChI is InChI=1S/C22H26N4O3S/c1-22-9-3-10-25(19(22)7-5-17-13-23-14-24-20(17)22)21(27)16-4-6-18-15(12-16)8-11-26(18)30(2,28)29/h4,6,12-14,19H,3,5,7-11H2,1-2H3/t19?,22-/m1/s1. The highest BCUT2D eigenvalue weighted by Crippen LogP contribution is 2.45. The summed E-state index contributed by atoms with van der Waals surface area (Å²) in [5.74, 6) is 0.0315. The Morgan fingerprint density at radius 1 is 1.20 bits per heavy atom. The van der Waals surface area contributed by atoms with Crippen molar-refractivity contribution in [3.8, 4) is 0 Å². The van der Waals surface area contributed by atoms with Crippen LogP contribution in [0.1, 0.15) is 53.4 Å². The number of aromatic nitrogens is 2. The fourth-order valence-corrected chi connectivity index (χ4v) is 6.60. The Morgan fingerprint density at radius 2 is 2.03 bits per heavy atom. The first-order valence-electron chi connectivity index (χ1n) is 10.5. The van der Waals surface area contributed by atoms with Gasteiger partial charge in [-0.3, -0.25) is 9.10 Å². The van der Waals surface area contributed by atoms with Crippen molar-refractivity contribution < 1.29 is 13.2 Å². The molecular weight excluding hydrogens is 400 g/mol. The summed E-state index contributed by atoms with van der Waals surface area (Å²) >= 11 is 0. The van der Waals surface area contributed by atoms with E-state index in [4.69, 9.17) is 0 Å². The van der Waals surface area contributed by atoms with Crippen molar-refractivity contribution in [1.82, 2.24) is 14.9 Å². The number of likely N-dealkylation sites (tertiary alicyclic amines) is 1. The molecule has 0 N–H and O–H groups in total. The molecule has 1 fully saturated rings. The molecule has 30 heavy (non-hydrogen) atoms. The molecule has 1 aromatic carbocycles. The highest BCUT2D eigenvalue weighted by Gasteiger charge is 2.48. The van der Waals surface area contributed by atoms with Crippen LogP contribution in [0.4, 0.5) is 5.69 Å². The molecule has 5 rings (SSSR count). The highest BCUT2D eigenvalue weighted by atomic mass is 32.2. The first-order chi connectivity index (χ1) is 14.3. The lowest BCUT2D eigenvalue weighted by molar-refractivity contribution is 0.0379. The zero-order chi connectivity index (χ0) is 21.1. The Bertz CT molecular complexity index is 1130. The van der Waals surface area contributed by atoms with Gasteiger partial charge in [-0.1, -0.05) is 6.92 Å². The van der Waals surface area contributed by atoms with E-state index in [2.05, 4.69) is 16.9 Å². The van der Waals surface area contributed by atoms with Crippen molar-refractivity contribution in [2.45, 2.75) is 50.5 Å². The van der Waals surface area contributed by atoms with Crippen LogP contribution in [0, 0.1) is 0 Å². The van der Waals surface area contributed by atoms with Gasteiger partial charge in [0.05, 0.1) is 17.6 Å². The zero-order valence-electron chi connectivity index (χ0n) is 17.3. The van der Waals surface area contributed by atoms with Crippen LogP contribution in [0.25, 0.3) is 0 Å². The predicted octanol–water partition coefficient (Wildman–Crippen LogP) is 2.31. The third-order valence-corrected chi connectivity index (χ3v) is 8.24. The first kappa shape index (κ1) is 19.5. The van der Waals surface area contributed by atoms with Crippen molar-refractivity contribution in [2.75, 3.05) is 23.7 Å². The van der Waals surface area contributed by atoms with Gasteiger partial charge in [0, 0.05) is 36.3 Å². The Labute approximate surface area is 177 Å². The molecule has 3 heterocycles. The van der Waals surface area contributed by atoms with E-state index in [1.165, 1.54) is 16.1 Å². The lowest BCUT2D eigenvalue weighted by Crippen LogP contribution is -2.57. The number of aryl methyl sites for hydroxylation is 1. The molecule has 3 aliphatic rings. The zero-order valence-corrected chi connectivity index (χ0v) is 18.2. The Hall–Kier alpha value is -2.48. The minimum absolute atomic E-state index is 0.0315. The predicted molar refractivity (Wildman–Crippen MR) is 114 cm³/mol. The number of piperidine rings is 1. The van der Waals surface area contributed by atoms with E-state index in [1.54, 1.807) is 18.5 Å². The molecule has 0 bridgehead atoms. The largest absolute Gasteiger partial charge is 0.335 e. The number of amides is 1. The lowest BCUT2D eigenvalue weighted by atomic mass is 9.65. The average Bonchev–Trinajstić information content (AvgIpc) is 3.16. The van der Waals surface area contributed by atoms with Gasteiger partial charge in [0.15, 0.2) is 0 Å². The van der Waals surface area contributed by atoms with Crippen LogP contribution < -0.4 is 4.31 Å². The van der Waals surface area contributed by atoms with E-state index in [0.717, 1.165) is 43.5 Å². The molecule has 0 spiro atoms. The normalized spacial score (nSPS) is 25.5. The fraction of sp³-hybridized carbons (Fsp3) is 0.500. The first-order valence-corrected chi connectivity index (χ1v) is 12.3. The molecule has 158 valence electrons. The van der Waals surface area contributed by atoms with E-state index in [9.17, 15) is 13.2 Å². The second-order valence-corrected chi connectivity index (χ2v) is 10.8. The third-order valence-electron chi connectivity index (χ3n) is 7.06. The summed E-state index contributed by atoms with van der Waals surface area (Å²) in [5.41, 5.74) is 4.39. The van der Waals surface area contributed by atoms with Gasteiger partial charge in [0.2, 0.25) is 10.0 Å². The number of fused-ring (bicyclic) bond motifs is 4. The summed E-state index contributed by atoms with van der Waals surface area (Å²) in [7, 11) is -3.30. The van der Waals surface area contributed by atoms with Gasteiger partial charge in [-0.15, -0.1) is 0 Å². The van der Waals surface area contributed by atoms with Crippen LogP contribution in [0.5, 0.6) is 0 Å². The van der Waals surface area contributed by atoms with Crippen molar-refractivity contribution in [3.05, 3.63) is 53.1 Å². The number of hydrogen-bond acceptors (Lipinski definition) is 5.